The molecule has 5 nitrogen and oxygen atoms in total. The second-order valence-corrected chi connectivity index (χ2v) is 6.75. The number of rotatable bonds is 4. The lowest BCUT2D eigenvalue weighted by Gasteiger charge is -2.12. The first-order valence-corrected chi connectivity index (χ1v) is 9.09. The maximum atomic E-state index is 13.1. The van der Waals surface area contributed by atoms with Crippen molar-refractivity contribution in [3.05, 3.63) is 105 Å². The third-order valence-electron chi connectivity index (χ3n) is 4.38. The highest BCUT2D eigenvalue weighted by Gasteiger charge is 2.17. The van der Waals surface area contributed by atoms with E-state index in [1.807, 2.05) is 36.4 Å². The van der Waals surface area contributed by atoms with Gasteiger partial charge in [-0.1, -0.05) is 41.9 Å². The van der Waals surface area contributed by atoms with Crippen molar-refractivity contribution in [2.75, 3.05) is 5.32 Å². The third-order valence-corrected chi connectivity index (χ3v) is 4.63. The predicted octanol–water partition coefficient (Wildman–Crippen LogP) is 4.35. The molecule has 0 aliphatic heterocycles. The van der Waals surface area contributed by atoms with E-state index in [0.717, 1.165) is 10.9 Å². The lowest BCUT2D eigenvalue weighted by atomic mass is 10.1. The molecule has 0 aliphatic carbocycles. The molecule has 6 heteroatoms. The van der Waals surface area contributed by atoms with Gasteiger partial charge in [0.25, 0.3) is 11.5 Å². The zero-order chi connectivity index (χ0) is 19.5. The van der Waals surface area contributed by atoms with Crippen molar-refractivity contribution in [3.8, 4) is 0 Å². The van der Waals surface area contributed by atoms with Crippen LogP contribution in [0, 0.1) is 0 Å². The van der Waals surface area contributed by atoms with E-state index in [1.165, 1.54) is 4.57 Å². The van der Waals surface area contributed by atoms with E-state index < -0.39 is 5.91 Å². The van der Waals surface area contributed by atoms with Gasteiger partial charge in [-0.05, 0) is 48.0 Å². The van der Waals surface area contributed by atoms with Crippen molar-refractivity contribution < 1.29 is 4.79 Å². The van der Waals surface area contributed by atoms with E-state index in [1.54, 1.807) is 42.6 Å². The van der Waals surface area contributed by atoms with E-state index in [9.17, 15) is 9.59 Å². The van der Waals surface area contributed by atoms with Gasteiger partial charge in [-0.3, -0.25) is 14.2 Å². The molecule has 0 spiro atoms. The molecule has 0 saturated carbocycles. The van der Waals surface area contributed by atoms with Crippen LogP contribution in [0.5, 0.6) is 0 Å². The number of nitrogens with zero attached hydrogens (tertiary/aromatic N) is 2. The summed E-state index contributed by atoms with van der Waals surface area (Å²) in [6.07, 6.45) is 1.64. The molecule has 0 fully saturated rings. The molecule has 138 valence electrons. The van der Waals surface area contributed by atoms with E-state index in [2.05, 4.69) is 10.3 Å². The predicted molar refractivity (Wildman–Crippen MR) is 111 cm³/mol. The lowest BCUT2D eigenvalue weighted by molar-refractivity contribution is 0.102. The number of fused-ring (bicyclic) bond motifs is 1. The normalized spacial score (nSPS) is 10.8. The van der Waals surface area contributed by atoms with Gasteiger partial charge in [0.1, 0.15) is 11.2 Å². The largest absolute Gasteiger partial charge is 0.322 e. The first-order valence-electron chi connectivity index (χ1n) is 8.71. The molecule has 0 aliphatic rings. The third kappa shape index (κ3) is 3.66. The highest BCUT2D eigenvalue weighted by molar-refractivity contribution is 6.30. The van der Waals surface area contributed by atoms with Gasteiger partial charge in [0.15, 0.2) is 0 Å². The summed E-state index contributed by atoms with van der Waals surface area (Å²) >= 11 is 5.88. The zero-order valence-electron chi connectivity index (χ0n) is 14.8. The van der Waals surface area contributed by atoms with Gasteiger partial charge in [-0.15, -0.1) is 0 Å². The first kappa shape index (κ1) is 17.9. The Morgan fingerprint density at radius 1 is 1.00 bits per heavy atom. The van der Waals surface area contributed by atoms with Crippen LogP contribution < -0.4 is 10.9 Å². The average molecular weight is 390 g/mol. The minimum atomic E-state index is -0.472. The topological polar surface area (TPSA) is 64.0 Å². The number of benzene rings is 2. The molecule has 2 aromatic heterocycles. The van der Waals surface area contributed by atoms with Crippen molar-refractivity contribution >= 4 is 34.2 Å². The highest BCUT2D eigenvalue weighted by Crippen LogP contribution is 2.16. The summed E-state index contributed by atoms with van der Waals surface area (Å²) in [5.41, 5.74) is 1.73. The Morgan fingerprint density at radius 3 is 2.50 bits per heavy atom. The molecule has 0 atom stereocenters. The van der Waals surface area contributed by atoms with Gasteiger partial charge in [-0.2, -0.15) is 0 Å². The van der Waals surface area contributed by atoms with Crippen LogP contribution in [0.2, 0.25) is 5.02 Å². The Labute approximate surface area is 166 Å². The van der Waals surface area contributed by atoms with Gasteiger partial charge in [0, 0.05) is 22.3 Å². The van der Waals surface area contributed by atoms with Crippen molar-refractivity contribution in [1.82, 2.24) is 9.55 Å². The average Bonchev–Trinajstić information content (AvgIpc) is 2.72. The van der Waals surface area contributed by atoms with Crippen molar-refractivity contribution in [3.63, 3.8) is 0 Å². The molecule has 4 rings (SSSR count). The molecule has 28 heavy (non-hydrogen) atoms. The van der Waals surface area contributed by atoms with Gasteiger partial charge in [0.05, 0.1) is 6.54 Å². The molecule has 0 radical (unpaired) electrons. The molecular formula is C22H16ClN3O2. The van der Waals surface area contributed by atoms with Crippen LogP contribution in [0.15, 0.2) is 83.8 Å². The summed E-state index contributed by atoms with van der Waals surface area (Å²) in [6, 6.07) is 21.5. The number of anilines is 1. The maximum absolute atomic E-state index is 13.1. The molecular weight excluding hydrogens is 374 g/mol. The number of nitrogens with one attached hydrogen (secondary N) is 1. The molecule has 4 aromatic rings. The molecule has 1 amide bonds. The summed E-state index contributed by atoms with van der Waals surface area (Å²) in [4.78, 5) is 30.3. The summed E-state index contributed by atoms with van der Waals surface area (Å²) in [7, 11) is 0. The van der Waals surface area contributed by atoms with Crippen LogP contribution in [-0.4, -0.2) is 15.5 Å². The fraction of sp³-hybridized carbons (Fsp3) is 0.0455. The van der Waals surface area contributed by atoms with Crippen LogP contribution in [0.1, 0.15) is 15.9 Å². The summed E-state index contributed by atoms with van der Waals surface area (Å²) in [5.74, 6) is -0.472. The fourth-order valence-electron chi connectivity index (χ4n) is 3.01. The van der Waals surface area contributed by atoms with Crippen molar-refractivity contribution in [2.45, 2.75) is 6.54 Å². The molecule has 0 bridgehead atoms. The van der Waals surface area contributed by atoms with E-state index in [-0.39, 0.29) is 11.1 Å². The Bertz CT molecular complexity index is 1200. The number of aromatic nitrogens is 2. The van der Waals surface area contributed by atoms with E-state index in [4.69, 9.17) is 11.6 Å². The number of hydrogen-bond acceptors (Lipinski definition) is 3. The number of hydrogen-bond donors (Lipinski definition) is 1. The quantitative estimate of drug-likeness (QED) is 0.564. The van der Waals surface area contributed by atoms with Crippen LogP contribution in [0.3, 0.4) is 0 Å². The van der Waals surface area contributed by atoms with E-state index in [0.29, 0.717) is 22.9 Å². The summed E-state index contributed by atoms with van der Waals surface area (Å²) in [5, 5.41) is 4.04. The molecule has 0 unspecified atom stereocenters. The highest BCUT2D eigenvalue weighted by atomic mass is 35.5. The number of amides is 1. The van der Waals surface area contributed by atoms with Crippen LogP contribution in [0.25, 0.3) is 11.0 Å². The smallest absolute Gasteiger partial charge is 0.265 e. The van der Waals surface area contributed by atoms with Crippen LogP contribution in [0.4, 0.5) is 5.69 Å². The zero-order valence-corrected chi connectivity index (χ0v) is 15.6. The van der Waals surface area contributed by atoms with Crippen LogP contribution >= 0.6 is 11.6 Å². The van der Waals surface area contributed by atoms with Gasteiger partial charge in [0.2, 0.25) is 0 Å². The fourth-order valence-corrected chi connectivity index (χ4v) is 3.14. The lowest BCUT2D eigenvalue weighted by Crippen LogP contribution is -2.30. The standard InChI is InChI=1S/C22H16ClN3O2/c23-17-8-10-18(11-9-17)25-21(27)19-13-16-7-4-12-24-20(16)26(22(19)28)14-15-5-2-1-3-6-15/h1-13H,14H2,(H,25,27). The number of halogens is 1. The molecule has 2 heterocycles. The Balaban J connectivity index is 1.78. The Kier molecular flexibility index (Phi) is 4.91. The minimum Gasteiger partial charge on any atom is -0.322 e. The summed E-state index contributed by atoms with van der Waals surface area (Å²) in [6.45, 7) is 0.329. The van der Waals surface area contributed by atoms with Crippen LogP contribution in [-0.2, 0) is 6.54 Å². The van der Waals surface area contributed by atoms with E-state index >= 15 is 0 Å². The number of carbonyl (C=O) groups is 1. The monoisotopic (exact) mass is 389 g/mol. The maximum Gasteiger partial charge on any atom is 0.265 e. The van der Waals surface area contributed by atoms with Crippen molar-refractivity contribution in [2.24, 2.45) is 0 Å². The number of pyridine rings is 2. The Morgan fingerprint density at radius 2 is 1.75 bits per heavy atom. The molecule has 1 N–H and O–H groups in total. The Hall–Kier alpha value is -3.44. The molecule has 0 saturated heterocycles. The second kappa shape index (κ2) is 7.66. The minimum absolute atomic E-state index is 0.0615. The second-order valence-electron chi connectivity index (χ2n) is 6.31. The first-order chi connectivity index (χ1) is 13.6. The SMILES string of the molecule is O=C(Nc1ccc(Cl)cc1)c1cc2cccnc2n(Cc2ccccc2)c1=O. The van der Waals surface area contributed by atoms with Gasteiger partial charge < -0.3 is 5.32 Å². The molecule has 2 aromatic carbocycles. The van der Waals surface area contributed by atoms with Gasteiger partial charge in [-0.25, -0.2) is 4.98 Å². The summed E-state index contributed by atoms with van der Waals surface area (Å²) < 4.78 is 1.53. The van der Waals surface area contributed by atoms with Gasteiger partial charge >= 0.3 is 0 Å². The van der Waals surface area contributed by atoms with Crippen molar-refractivity contribution in [1.29, 1.82) is 0 Å². The number of carbonyl (C=O) groups excluding carboxylic acids is 1.